The van der Waals surface area contributed by atoms with Crippen LogP contribution in [0.4, 0.5) is 11.8 Å². The minimum absolute atomic E-state index is 0.330. The predicted molar refractivity (Wildman–Crippen MR) is 123 cm³/mol. The number of fused-ring (bicyclic) bond motifs is 4. The molecule has 6 nitrogen and oxygen atoms in total. The van der Waals surface area contributed by atoms with E-state index in [0.717, 1.165) is 60.0 Å². The second-order valence-electron chi connectivity index (χ2n) is 8.78. The van der Waals surface area contributed by atoms with Gasteiger partial charge in [0.05, 0.1) is 12.3 Å². The van der Waals surface area contributed by atoms with Crippen LogP contribution in [-0.2, 0) is 6.42 Å². The van der Waals surface area contributed by atoms with Crippen molar-refractivity contribution in [2.45, 2.75) is 25.3 Å². The lowest BCUT2D eigenvalue weighted by Crippen LogP contribution is -2.40. The van der Waals surface area contributed by atoms with Gasteiger partial charge in [0.25, 0.3) is 0 Å². The first-order chi connectivity index (χ1) is 15.3. The molecule has 0 radical (unpaired) electrons. The highest BCUT2D eigenvalue weighted by molar-refractivity contribution is 5.79. The van der Waals surface area contributed by atoms with Gasteiger partial charge in [-0.1, -0.05) is 36.4 Å². The van der Waals surface area contributed by atoms with Gasteiger partial charge < -0.3 is 20.7 Å². The van der Waals surface area contributed by atoms with Crippen LogP contribution in [0.25, 0.3) is 22.4 Å². The lowest BCUT2D eigenvalue weighted by Gasteiger charge is -2.24. The van der Waals surface area contributed by atoms with Gasteiger partial charge in [-0.3, -0.25) is 0 Å². The zero-order valence-corrected chi connectivity index (χ0v) is 17.6. The molecule has 0 aliphatic carbocycles. The minimum atomic E-state index is 0.330. The Hall–Kier alpha value is -3.12. The van der Waals surface area contributed by atoms with Crippen LogP contribution in [0.15, 0.2) is 48.5 Å². The van der Waals surface area contributed by atoms with Crippen molar-refractivity contribution in [2.75, 3.05) is 36.9 Å². The number of aromatic nitrogens is 2. The number of nitrogens with two attached hydrogens (primary N) is 1. The van der Waals surface area contributed by atoms with E-state index in [1.54, 1.807) is 0 Å². The van der Waals surface area contributed by atoms with Crippen molar-refractivity contribution in [3.05, 3.63) is 54.1 Å². The van der Waals surface area contributed by atoms with E-state index in [4.69, 9.17) is 15.5 Å². The summed E-state index contributed by atoms with van der Waals surface area (Å²) in [5.41, 5.74) is 11.6. The highest BCUT2D eigenvalue weighted by Crippen LogP contribution is 2.41. The van der Waals surface area contributed by atoms with Crippen LogP contribution in [-0.4, -0.2) is 42.3 Å². The minimum Gasteiger partial charge on any atom is -0.493 e. The van der Waals surface area contributed by atoms with Crippen LogP contribution in [0.2, 0.25) is 0 Å². The summed E-state index contributed by atoms with van der Waals surface area (Å²) in [4.78, 5) is 11.8. The number of ether oxygens (including phenoxy) is 1. The molecule has 0 saturated carbocycles. The van der Waals surface area contributed by atoms with Gasteiger partial charge in [0.1, 0.15) is 11.6 Å². The fourth-order valence-electron chi connectivity index (χ4n) is 5.33. The molecule has 158 valence electrons. The van der Waals surface area contributed by atoms with E-state index in [-0.39, 0.29) is 0 Å². The SMILES string of the molecule is Nc1nc2c(c(N3CC4CCCNC4C3)n1)CCOc1cc(-c3ccccc3)ccc1-2. The normalized spacial score (nSPS) is 22.1. The van der Waals surface area contributed by atoms with Gasteiger partial charge in [0.15, 0.2) is 0 Å². The number of nitrogens with zero attached hydrogens (tertiary/aromatic N) is 3. The molecule has 6 rings (SSSR count). The lowest BCUT2D eigenvalue weighted by molar-refractivity contribution is 0.326. The monoisotopic (exact) mass is 413 g/mol. The van der Waals surface area contributed by atoms with E-state index in [2.05, 4.69) is 57.7 Å². The van der Waals surface area contributed by atoms with E-state index in [1.165, 1.54) is 18.4 Å². The largest absolute Gasteiger partial charge is 0.493 e. The second-order valence-corrected chi connectivity index (χ2v) is 8.78. The van der Waals surface area contributed by atoms with Crippen molar-refractivity contribution in [3.63, 3.8) is 0 Å². The number of nitrogens with one attached hydrogen (secondary N) is 1. The third-order valence-electron chi connectivity index (χ3n) is 6.85. The van der Waals surface area contributed by atoms with Crippen LogP contribution in [0, 0.1) is 5.92 Å². The molecule has 2 unspecified atom stereocenters. The van der Waals surface area contributed by atoms with E-state index in [1.807, 2.05) is 6.07 Å². The summed E-state index contributed by atoms with van der Waals surface area (Å²) in [6.45, 7) is 3.73. The van der Waals surface area contributed by atoms with Crippen LogP contribution in [0.3, 0.4) is 0 Å². The summed E-state index contributed by atoms with van der Waals surface area (Å²) in [7, 11) is 0. The Kier molecular flexibility index (Phi) is 4.53. The molecule has 3 aliphatic rings. The van der Waals surface area contributed by atoms with E-state index in [9.17, 15) is 0 Å². The summed E-state index contributed by atoms with van der Waals surface area (Å²) >= 11 is 0. The quantitative estimate of drug-likeness (QED) is 0.670. The maximum atomic E-state index is 6.22. The molecule has 2 saturated heterocycles. The predicted octanol–water partition coefficient (Wildman–Crippen LogP) is 3.52. The fourth-order valence-corrected chi connectivity index (χ4v) is 5.33. The Labute approximate surface area is 182 Å². The smallest absolute Gasteiger partial charge is 0.222 e. The van der Waals surface area contributed by atoms with Gasteiger partial charge in [-0.15, -0.1) is 0 Å². The van der Waals surface area contributed by atoms with Crippen LogP contribution in [0.5, 0.6) is 5.75 Å². The van der Waals surface area contributed by atoms with Gasteiger partial charge in [0, 0.05) is 36.7 Å². The van der Waals surface area contributed by atoms with Crippen molar-refractivity contribution in [1.29, 1.82) is 0 Å². The molecule has 0 amide bonds. The first-order valence-corrected chi connectivity index (χ1v) is 11.2. The van der Waals surface area contributed by atoms with Crippen molar-refractivity contribution in [1.82, 2.24) is 15.3 Å². The lowest BCUT2D eigenvalue weighted by atomic mass is 9.94. The maximum absolute atomic E-state index is 6.22. The molecule has 6 heteroatoms. The average molecular weight is 414 g/mol. The van der Waals surface area contributed by atoms with Crippen molar-refractivity contribution in [2.24, 2.45) is 5.92 Å². The second kappa shape index (κ2) is 7.54. The third kappa shape index (κ3) is 3.31. The molecule has 2 aromatic carbocycles. The Morgan fingerprint density at radius 2 is 1.94 bits per heavy atom. The molecule has 0 bridgehead atoms. The summed E-state index contributed by atoms with van der Waals surface area (Å²) in [6.07, 6.45) is 3.31. The highest BCUT2D eigenvalue weighted by atomic mass is 16.5. The summed E-state index contributed by atoms with van der Waals surface area (Å²) in [6, 6.07) is 17.3. The molecule has 31 heavy (non-hydrogen) atoms. The van der Waals surface area contributed by atoms with Crippen LogP contribution in [0.1, 0.15) is 18.4 Å². The van der Waals surface area contributed by atoms with Crippen molar-refractivity contribution in [3.8, 4) is 28.1 Å². The number of anilines is 2. The third-order valence-corrected chi connectivity index (χ3v) is 6.85. The zero-order valence-electron chi connectivity index (χ0n) is 17.6. The molecule has 2 atom stereocenters. The Balaban J connectivity index is 1.42. The Morgan fingerprint density at radius 1 is 1.03 bits per heavy atom. The number of hydrogen-bond donors (Lipinski definition) is 2. The molecule has 1 aromatic heterocycles. The molecular formula is C25H27N5O. The topological polar surface area (TPSA) is 76.3 Å². The molecule has 3 N–H and O–H groups in total. The Bertz CT molecular complexity index is 1100. The number of benzene rings is 2. The molecule has 0 spiro atoms. The number of piperidine rings is 1. The van der Waals surface area contributed by atoms with Crippen LogP contribution >= 0.6 is 0 Å². The number of hydrogen-bond acceptors (Lipinski definition) is 6. The molecule has 4 heterocycles. The summed E-state index contributed by atoms with van der Waals surface area (Å²) in [5, 5.41) is 3.68. The first kappa shape index (κ1) is 18.6. The highest BCUT2D eigenvalue weighted by Gasteiger charge is 2.36. The van der Waals surface area contributed by atoms with Gasteiger partial charge in [-0.2, -0.15) is 4.98 Å². The maximum Gasteiger partial charge on any atom is 0.222 e. The standard InChI is InChI=1S/C25H27N5O/c26-25-28-23-19-9-8-17(16-5-2-1-3-6-16)13-22(19)31-12-10-20(23)24(29-25)30-14-18-7-4-11-27-21(18)15-30/h1-3,5-6,8-9,13,18,21,27H,4,7,10-12,14-15H2,(H2,26,28,29). The molecule has 2 fully saturated rings. The van der Waals surface area contributed by atoms with Crippen molar-refractivity contribution >= 4 is 11.8 Å². The van der Waals surface area contributed by atoms with Gasteiger partial charge in [-0.05, 0) is 48.6 Å². The van der Waals surface area contributed by atoms with Crippen molar-refractivity contribution < 1.29 is 4.74 Å². The average Bonchev–Trinajstić information content (AvgIpc) is 3.16. The van der Waals surface area contributed by atoms with E-state index < -0.39 is 0 Å². The fraction of sp³-hybridized carbons (Fsp3) is 0.360. The Morgan fingerprint density at radius 3 is 2.81 bits per heavy atom. The van der Waals surface area contributed by atoms with E-state index in [0.29, 0.717) is 24.5 Å². The zero-order chi connectivity index (χ0) is 20.8. The van der Waals surface area contributed by atoms with Gasteiger partial charge in [0.2, 0.25) is 5.95 Å². The summed E-state index contributed by atoms with van der Waals surface area (Å²) in [5.74, 6) is 2.86. The molecular weight excluding hydrogens is 386 g/mol. The number of rotatable bonds is 2. The summed E-state index contributed by atoms with van der Waals surface area (Å²) < 4.78 is 6.21. The first-order valence-electron chi connectivity index (χ1n) is 11.2. The molecule has 3 aliphatic heterocycles. The van der Waals surface area contributed by atoms with Gasteiger partial charge >= 0.3 is 0 Å². The van der Waals surface area contributed by atoms with Gasteiger partial charge in [-0.25, -0.2) is 4.98 Å². The number of nitrogen functional groups attached to an aromatic ring is 1. The molecule has 3 aromatic rings. The van der Waals surface area contributed by atoms with Crippen LogP contribution < -0.4 is 20.7 Å². The van der Waals surface area contributed by atoms with E-state index >= 15 is 0 Å².